The molecule has 0 N–H and O–H groups in total. The topological polar surface area (TPSA) is 44.1 Å². The molecular weight excluding hydrogens is 307 g/mol. The third kappa shape index (κ3) is 3.46. The quantitative estimate of drug-likeness (QED) is 0.481. The minimum atomic E-state index is -0.548. The molecule has 1 heterocycles. The van der Waals surface area contributed by atoms with Crippen molar-refractivity contribution in [1.29, 1.82) is 0 Å². The maximum atomic E-state index is 13.0. The average Bonchev–Trinajstić information content (AvgIpc) is 2.79. The van der Waals surface area contributed by atoms with E-state index in [0.29, 0.717) is 24.2 Å². The number of terminal acetylenes is 1. The third-order valence-corrected chi connectivity index (χ3v) is 3.33. The highest BCUT2D eigenvalue weighted by Gasteiger charge is 2.22. The zero-order valence-electron chi connectivity index (χ0n) is 12.0. The lowest BCUT2D eigenvalue weighted by molar-refractivity contribution is 0.0501. The third-order valence-electron chi connectivity index (χ3n) is 2.98. The van der Waals surface area contributed by atoms with Gasteiger partial charge in [0.15, 0.2) is 0 Å². The molecule has 4 nitrogen and oxygen atoms in total. The Kier molecular flexibility index (Phi) is 5.18. The summed E-state index contributed by atoms with van der Waals surface area (Å²) in [7, 11) is 0. The Hall–Kier alpha value is -2.32. The van der Waals surface area contributed by atoms with Crippen LogP contribution in [0.2, 0.25) is 5.15 Å². The number of hydrogen-bond acceptors (Lipinski definition) is 3. The Labute approximate surface area is 132 Å². The van der Waals surface area contributed by atoms with Crippen LogP contribution in [-0.2, 0) is 4.74 Å². The molecular formula is C16H14ClFN2O2. The molecule has 114 valence electrons. The van der Waals surface area contributed by atoms with Crippen molar-refractivity contribution in [3.05, 3.63) is 46.5 Å². The molecule has 1 aromatic carbocycles. The van der Waals surface area contributed by atoms with Crippen LogP contribution in [0, 0.1) is 25.1 Å². The first kappa shape index (κ1) is 16.1. The van der Waals surface area contributed by atoms with Crippen molar-refractivity contribution in [2.24, 2.45) is 0 Å². The summed E-state index contributed by atoms with van der Waals surface area (Å²) in [6.07, 6.45) is 6.26. The van der Waals surface area contributed by atoms with E-state index in [1.807, 2.05) is 0 Å². The van der Waals surface area contributed by atoms with Crippen molar-refractivity contribution < 1.29 is 13.9 Å². The number of hydrogen-bond donors (Lipinski definition) is 0. The molecule has 0 radical (unpaired) electrons. The van der Waals surface area contributed by atoms with Gasteiger partial charge in [0.2, 0.25) is 0 Å². The smallest absolute Gasteiger partial charge is 0.343 e. The number of aryl methyl sites for hydroxylation is 1. The second-order valence-electron chi connectivity index (χ2n) is 4.58. The lowest BCUT2D eigenvalue weighted by Gasteiger charge is -2.04. The maximum Gasteiger partial charge on any atom is 0.343 e. The molecule has 0 amide bonds. The molecule has 0 unspecified atom stereocenters. The summed E-state index contributed by atoms with van der Waals surface area (Å²) >= 11 is 6.21. The summed E-state index contributed by atoms with van der Waals surface area (Å²) in [4.78, 5) is 12.1. The highest BCUT2D eigenvalue weighted by molar-refractivity contribution is 6.33. The standard InChI is InChI=1S/C16H14ClFN2O2/c1-3-4-5-10-22-16(21)14-11(2)19-20(15(14)17)13-8-6-12(18)7-9-13/h1,6-9H,4-5,10H2,2H3. The number of nitrogens with zero attached hydrogens (tertiary/aromatic N) is 2. The van der Waals surface area contributed by atoms with E-state index in [1.165, 1.54) is 28.9 Å². The number of ether oxygens (including phenoxy) is 1. The molecule has 0 saturated carbocycles. The summed E-state index contributed by atoms with van der Waals surface area (Å²) < 4.78 is 19.5. The molecule has 6 heteroatoms. The van der Waals surface area contributed by atoms with Gasteiger partial charge in [0.25, 0.3) is 0 Å². The maximum absolute atomic E-state index is 13.0. The van der Waals surface area contributed by atoms with Crippen molar-refractivity contribution in [2.45, 2.75) is 19.8 Å². The highest BCUT2D eigenvalue weighted by atomic mass is 35.5. The van der Waals surface area contributed by atoms with Crippen LogP contribution in [0.4, 0.5) is 4.39 Å². The Morgan fingerprint density at radius 2 is 2.14 bits per heavy atom. The van der Waals surface area contributed by atoms with Crippen LogP contribution in [-0.4, -0.2) is 22.4 Å². The van der Waals surface area contributed by atoms with Gasteiger partial charge in [-0.2, -0.15) is 5.10 Å². The second kappa shape index (κ2) is 7.10. The number of unbranched alkanes of at least 4 members (excludes halogenated alkanes) is 1. The Morgan fingerprint density at radius 1 is 1.45 bits per heavy atom. The molecule has 0 aliphatic heterocycles. The molecule has 0 saturated heterocycles. The van der Waals surface area contributed by atoms with Gasteiger partial charge in [0.1, 0.15) is 16.5 Å². The van der Waals surface area contributed by atoms with E-state index in [-0.39, 0.29) is 23.1 Å². The van der Waals surface area contributed by atoms with E-state index in [2.05, 4.69) is 11.0 Å². The van der Waals surface area contributed by atoms with Gasteiger partial charge >= 0.3 is 5.97 Å². The fourth-order valence-electron chi connectivity index (χ4n) is 1.90. The van der Waals surface area contributed by atoms with Crippen LogP contribution < -0.4 is 0 Å². The number of carbonyl (C=O) groups is 1. The lowest BCUT2D eigenvalue weighted by atomic mass is 10.2. The zero-order valence-corrected chi connectivity index (χ0v) is 12.7. The molecule has 0 aliphatic carbocycles. The first-order valence-electron chi connectivity index (χ1n) is 6.66. The number of rotatable bonds is 5. The van der Waals surface area contributed by atoms with Crippen LogP contribution in [0.3, 0.4) is 0 Å². The predicted octanol–water partition coefficient (Wildman–Crippen LogP) is 3.54. The summed E-state index contributed by atoms with van der Waals surface area (Å²) in [5, 5.41) is 4.34. The van der Waals surface area contributed by atoms with Gasteiger partial charge in [-0.25, -0.2) is 13.9 Å². The van der Waals surface area contributed by atoms with E-state index in [0.717, 1.165) is 0 Å². The van der Waals surface area contributed by atoms with E-state index in [4.69, 9.17) is 22.8 Å². The monoisotopic (exact) mass is 320 g/mol. The molecule has 0 bridgehead atoms. The number of halogens is 2. The first-order chi connectivity index (χ1) is 10.5. The minimum absolute atomic E-state index is 0.131. The fourth-order valence-corrected chi connectivity index (χ4v) is 2.24. The molecule has 1 aromatic heterocycles. The van der Waals surface area contributed by atoms with Crippen LogP contribution >= 0.6 is 11.6 Å². The van der Waals surface area contributed by atoms with Crippen molar-refractivity contribution in [3.8, 4) is 18.0 Å². The molecule has 0 fully saturated rings. The van der Waals surface area contributed by atoms with E-state index < -0.39 is 5.97 Å². The van der Waals surface area contributed by atoms with Crippen molar-refractivity contribution in [3.63, 3.8) is 0 Å². The van der Waals surface area contributed by atoms with Gasteiger partial charge in [-0.1, -0.05) is 11.6 Å². The zero-order chi connectivity index (χ0) is 16.1. The van der Waals surface area contributed by atoms with Gasteiger partial charge in [0, 0.05) is 6.42 Å². The van der Waals surface area contributed by atoms with Crippen molar-refractivity contribution in [2.75, 3.05) is 6.61 Å². The van der Waals surface area contributed by atoms with E-state index >= 15 is 0 Å². The summed E-state index contributed by atoms with van der Waals surface area (Å²) in [6, 6.07) is 5.63. The molecule has 22 heavy (non-hydrogen) atoms. The van der Waals surface area contributed by atoms with E-state index in [9.17, 15) is 9.18 Å². The fraction of sp³-hybridized carbons (Fsp3) is 0.250. The molecule has 0 atom stereocenters. The van der Waals surface area contributed by atoms with Gasteiger partial charge in [-0.05, 0) is 37.6 Å². The SMILES string of the molecule is C#CCCCOC(=O)c1c(C)nn(-c2ccc(F)cc2)c1Cl. The number of aromatic nitrogens is 2. The average molecular weight is 321 g/mol. The summed E-state index contributed by atoms with van der Waals surface area (Å²) in [5.74, 6) is 1.56. The predicted molar refractivity (Wildman–Crippen MR) is 81.6 cm³/mol. The van der Waals surface area contributed by atoms with Crippen LogP contribution in [0.25, 0.3) is 5.69 Å². The Morgan fingerprint density at radius 3 is 2.77 bits per heavy atom. The molecule has 2 aromatic rings. The van der Waals surface area contributed by atoms with Crippen LogP contribution in [0.1, 0.15) is 28.9 Å². The minimum Gasteiger partial charge on any atom is -0.462 e. The van der Waals surface area contributed by atoms with Crippen LogP contribution in [0.15, 0.2) is 24.3 Å². The summed E-state index contributed by atoms with van der Waals surface area (Å²) in [6.45, 7) is 1.88. The highest BCUT2D eigenvalue weighted by Crippen LogP contribution is 2.24. The normalized spacial score (nSPS) is 10.3. The Balaban J connectivity index is 2.22. The molecule has 0 spiro atoms. The number of esters is 1. The van der Waals surface area contributed by atoms with Gasteiger partial charge < -0.3 is 4.74 Å². The van der Waals surface area contributed by atoms with Gasteiger partial charge in [-0.15, -0.1) is 12.3 Å². The largest absolute Gasteiger partial charge is 0.462 e. The first-order valence-corrected chi connectivity index (χ1v) is 7.04. The van der Waals surface area contributed by atoms with E-state index in [1.54, 1.807) is 6.92 Å². The lowest BCUT2D eigenvalue weighted by Crippen LogP contribution is -2.07. The molecule has 0 aliphatic rings. The Bertz CT molecular complexity index is 717. The van der Waals surface area contributed by atoms with Gasteiger partial charge in [-0.3, -0.25) is 0 Å². The number of carbonyl (C=O) groups excluding carboxylic acids is 1. The summed E-state index contributed by atoms with van der Waals surface area (Å²) in [5.41, 5.74) is 1.20. The second-order valence-corrected chi connectivity index (χ2v) is 4.94. The number of benzene rings is 1. The van der Waals surface area contributed by atoms with Crippen LogP contribution in [0.5, 0.6) is 0 Å². The molecule has 2 rings (SSSR count). The van der Waals surface area contributed by atoms with Gasteiger partial charge in [0.05, 0.1) is 18.0 Å². The van der Waals surface area contributed by atoms with Crippen molar-refractivity contribution >= 4 is 17.6 Å². The van der Waals surface area contributed by atoms with Crippen molar-refractivity contribution in [1.82, 2.24) is 9.78 Å².